The fourth-order valence-corrected chi connectivity index (χ4v) is 2.85. The highest BCUT2D eigenvalue weighted by Crippen LogP contribution is 2.27. The predicted octanol–water partition coefficient (Wildman–Crippen LogP) is 0.727. The first-order chi connectivity index (χ1) is 11.8. The van der Waals surface area contributed by atoms with Crippen LogP contribution in [0.3, 0.4) is 0 Å². The van der Waals surface area contributed by atoms with Gasteiger partial charge in [-0.2, -0.15) is 0 Å². The van der Waals surface area contributed by atoms with Crippen molar-refractivity contribution < 1.29 is 9.85 Å². The van der Waals surface area contributed by atoms with Gasteiger partial charge in [0.2, 0.25) is 5.95 Å². The van der Waals surface area contributed by atoms with E-state index in [0.29, 0.717) is 29.8 Å². The molecular weight excluding hydrogens is 332 g/mol. The fraction of sp³-hybridized carbons (Fsp3) is 0.286. The summed E-state index contributed by atoms with van der Waals surface area (Å²) in [5.41, 5.74) is 5.99. The lowest BCUT2D eigenvalue weighted by molar-refractivity contribution is -0.394. The van der Waals surface area contributed by atoms with Crippen LogP contribution in [0.1, 0.15) is 16.8 Å². The van der Waals surface area contributed by atoms with Crippen molar-refractivity contribution >= 4 is 17.3 Å². The molecule has 0 radical (unpaired) electrons. The van der Waals surface area contributed by atoms with Crippen LogP contribution in [0.2, 0.25) is 0 Å². The van der Waals surface area contributed by atoms with E-state index in [1.807, 2.05) is 4.90 Å². The van der Waals surface area contributed by atoms with Gasteiger partial charge in [-0.05, 0) is 6.07 Å². The molecule has 130 valence electrons. The van der Waals surface area contributed by atoms with E-state index < -0.39 is 9.85 Å². The summed E-state index contributed by atoms with van der Waals surface area (Å²) in [7, 11) is 0. The molecule has 0 atom stereocenters. The normalized spacial score (nSPS) is 14.1. The average Bonchev–Trinajstić information content (AvgIpc) is 2.55. The molecule has 2 heterocycles. The molecule has 1 aliphatic rings. The van der Waals surface area contributed by atoms with Crippen LogP contribution in [-0.4, -0.2) is 31.3 Å². The molecule has 1 aromatic heterocycles. The lowest BCUT2D eigenvalue weighted by Gasteiger charge is -2.27. The van der Waals surface area contributed by atoms with Crippen LogP contribution in [0, 0.1) is 20.2 Å². The fourth-order valence-electron chi connectivity index (χ4n) is 2.85. The summed E-state index contributed by atoms with van der Waals surface area (Å²) in [6.45, 7) is 1.00. The number of benzene rings is 1. The number of nitrogens with zero attached hydrogens (tertiary/aromatic N) is 4. The van der Waals surface area contributed by atoms with Crippen molar-refractivity contribution in [3.8, 4) is 0 Å². The zero-order chi connectivity index (χ0) is 18.1. The van der Waals surface area contributed by atoms with E-state index in [1.54, 1.807) is 0 Å². The Balaban J connectivity index is 1.87. The number of nitrogen functional groups attached to an aromatic ring is 1. The van der Waals surface area contributed by atoms with E-state index in [0.717, 1.165) is 6.07 Å². The van der Waals surface area contributed by atoms with Crippen molar-refractivity contribution in [2.24, 2.45) is 0 Å². The number of nitro benzene ring substituents is 2. The molecule has 2 aromatic rings. The first-order valence-corrected chi connectivity index (χ1v) is 7.36. The van der Waals surface area contributed by atoms with Crippen molar-refractivity contribution in [1.82, 2.24) is 14.9 Å². The van der Waals surface area contributed by atoms with Crippen molar-refractivity contribution in [2.45, 2.75) is 19.5 Å². The number of hydrogen-bond donors (Lipinski definition) is 2. The molecule has 1 aromatic carbocycles. The van der Waals surface area contributed by atoms with Crippen LogP contribution in [0.25, 0.3) is 0 Å². The molecule has 11 heteroatoms. The number of H-pyrrole nitrogens is 1. The van der Waals surface area contributed by atoms with Gasteiger partial charge in [0.1, 0.15) is 0 Å². The van der Waals surface area contributed by atoms with Gasteiger partial charge in [0.15, 0.2) is 0 Å². The van der Waals surface area contributed by atoms with Gasteiger partial charge in [-0.25, -0.2) is 4.98 Å². The molecular formula is C14H14N6O5. The summed E-state index contributed by atoms with van der Waals surface area (Å²) < 4.78 is 0. The number of nitro groups is 2. The van der Waals surface area contributed by atoms with E-state index in [-0.39, 0.29) is 36.0 Å². The van der Waals surface area contributed by atoms with Crippen molar-refractivity contribution in [3.63, 3.8) is 0 Å². The molecule has 0 saturated carbocycles. The third kappa shape index (κ3) is 3.30. The number of rotatable bonds is 4. The molecule has 3 N–H and O–H groups in total. The number of aromatic amines is 1. The Morgan fingerprint density at radius 1 is 1.28 bits per heavy atom. The zero-order valence-electron chi connectivity index (χ0n) is 13.0. The molecule has 0 unspecified atom stereocenters. The van der Waals surface area contributed by atoms with Crippen LogP contribution >= 0.6 is 0 Å². The van der Waals surface area contributed by atoms with Gasteiger partial charge in [-0.3, -0.25) is 34.9 Å². The minimum atomic E-state index is -0.677. The molecule has 0 aliphatic carbocycles. The Morgan fingerprint density at radius 2 is 2.04 bits per heavy atom. The molecule has 3 rings (SSSR count). The van der Waals surface area contributed by atoms with Gasteiger partial charge in [-0.1, -0.05) is 0 Å². The van der Waals surface area contributed by atoms with Gasteiger partial charge in [0.25, 0.3) is 16.9 Å². The molecule has 0 fully saturated rings. The van der Waals surface area contributed by atoms with Crippen LogP contribution in [0.15, 0.2) is 23.0 Å². The molecule has 0 amide bonds. The minimum Gasteiger partial charge on any atom is -0.369 e. The maximum absolute atomic E-state index is 12.0. The van der Waals surface area contributed by atoms with Crippen LogP contribution in [0.5, 0.6) is 0 Å². The second-order valence-corrected chi connectivity index (χ2v) is 5.66. The van der Waals surface area contributed by atoms with E-state index in [1.165, 1.54) is 12.1 Å². The van der Waals surface area contributed by atoms with Crippen molar-refractivity contribution in [1.29, 1.82) is 0 Å². The standard InChI is InChI=1S/C14H14N6O5/c15-14-16-11-3-4-18(7-10(11)13(21)17-14)6-8-1-2-9(19(22)23)5-12(8)20(24)25/h1-2,5H,3-4,6-7H2,(H3,15,16,17,21). The smallest absolute Gasteiger partial charge is 0.280 e. The Morgan fingerprint density at radius 3 is 2.72 bits per heavy atom. The zero-order valence-corrected chi connectivity index (χ0v) is 13.0. The Labute approximate surface area is 140 Å². The topological polar surface area (TPSA) is 161 Å². The van der Waals surface area contributed by atoms with Gasteiger partial charge >= 0.3 is 0 Å². The Bertz CT molecular complexity index is 924. The summed E-state index contributed by atoms with van der Waals surface area (Å²) in [5, 5.41) is 22.0. The maximum atomic E-state index is 12.0. The quantitative estimate of drug-likeness (QED) is 0.604. The number of aromatic nitrogens is 2. The van der Waals surface area contributed by atoms with Crippen LogP contribution in [-0.2, 0) is 19.5 Å². The predicted molar refractivity (Wildman–Crippen MR) is 86.8 cm³/mol. The average molecular weight is 346 g/mol. The summed E-state index contributed by atoms with van der Waals surface area (Å²) in [4.78, 5) is 41.1. The monoisotopic (exact) mass is 346 g/mol. The maximum Gasteiger partial charge on any atom is 0.280 e. The van der Waals surface area contributed by atoms with Crippen molar-refractivity contribution in [2.75, 3.05) is 12.3 Å². The Hall–Kier alpha value is -3.34. The van der Waals surface area contributed by atoms with Gasteiger partial charge in [0.05, 0.1) is 27.2 Å². The molecule has 0 bridgehead atoms. The first-order valence-electron chi connectivity index (χ1n) is 7.36. The van der Waals surface area contributed by atoms with Crippen LogP contribution in [0.4, 0.5) is 17.3 Å². The summed E-state index contributed by atoms with van der Waals surface area (Å²) >= 11 is 0. The molecule has 1 aliphatic heterocycles. The number of nitrogens with two attached hydrogens (primary N) is 1. The number of nitrogens with one attached hydrogen (secondary N) is 1. The third-order valence-corrected chi connectivity index (χ3v) is 4.04. The van der Waals surface area contributed by atoms with Gasteiger partial charge in [0, 0.05) is 37.7 Å². The highest BCUT2D eigenvalue weighted by molar-refractivity contribution is 5.49. The molecule has 11 nitrogen and oxygen atoms in total. The molecule has 0 spiro atoms. The SMILES string of the molecule is Nc1nc2c(c(=O)[nH]1)CN(Cc1ccc([N+](=O)[O-])cc1[N+](=O)[O-])CC2. The van der Waals surface area contributed by atoms with E-state index in [9.17, 15) is 25.0 Å². The second kappa shape index (κ2) is 6.28. The highest BCUT2D eigenvalue weighted by Gasteiger charge is 2.25. The summed E-state index contributed by atoms with van der Waals surface area (Å²) in [5.74, 6) is 0.0585. The van der Waals surface area contributed by atoms with Crippen LogP contribution < -0.4 is 11.3 Å². The number of hydrogen-bond acceptors (Lipinski definition) is 8. The lowest BCUT2D eigenvalue weighted by atomic mass is 10.1. The first kappa shape index (κ1) is 16.5. The summed E-state index contributed by atoms with van der Waals surface area (Å²) in [6, 6.07) is 3.55. The lowest BCUT2D eigenvalue weighted by Crippen LogP contribution is -2.35. The molecule has 25 heavy (non-hydrogen) atoms. The van der Waals surface area contributed by atoms with Gasteiger partial charge < -0.3 is 5.73 Å². The largest absolute Gasteiger partial charge is 0.369 e. The van der Waals surface area contributed by atoms with Crippen molar-refractivity contribution in [3.05, 3.63) is 65.6 Å². The van der Waals surface area contributed by atoms with E-state index in [4.69, 9.17) is 5.73 Å². The van der Waals surface area contributed by atoms with Gasteiger partial charge in [-0.15, -0.1) is 0 Å². The summed E-state index contributed by atoms with van der Waals surface area (Å²) in [6.07, 6.45) is 0.490. The van der Waals surface area contributed by atoms with E-state index in [2.05, 4.69) is 9.97 Å². The van der Waals surface area contributed by atoms with E-state index >= 15 is 0 Å². The Kier molecular flexibility index (Phi) is 4.15. The highest BCUT2D eigenvalue weighted by atomic mass is 16.6. The number of non-ortho nitro benzene ring substituents is 1. The second-order valence-electron chi connectivity index (χ2n) is 5.66. The number of fused-ring (bicyclic) bond motifs is 1. The number of anilines is 1. The third-order valence-electron chi connectivity index (χ3n) is 4.04. The molecule has 0 saturated heterocycles. The minimum absolute atomic E-state index is 0.0585.